The molecular formula is C19H22F3N3OSi. The Bertz CT molecular complexity index is 873. The van der Waals surface area contributed by atoms with E-state index in [0.717, 1.165) is 17.3 Å². The van der Waals surface area contributed by atoms with E-state index in [-0.39, 0.29) is 16.9 Å². The van der Waals surface area contributed by atoms with E-state index in [1.807, 2.05) is 6.07 Å². The van der Waals surface area contributed by atoms with Crippen molar-refractivity contribution in [2.24, 2.45) is 10.7 Å². The number of rotatable bonds is 5. The van der Waals surface area contributed by atoms with Gasteiger partial charge in [-0.1, -0.05) is 55.2 Å². The third-order valence-electron chi connectivity index (χ3n) is 4.43. The first-order valence-electron chi connectivity index (χ1n) is 8.20. The maximum absolute atomic E-state index is 13.2. The third kappa shape index (κ3) is 3.96. The van der Waals surface area contributed by atoms with Gasteiger partial charge in [0, 0.05) is 22.4 Å². The summed E-state index contributed by atoms with van der Waals surface area (Å²) in [6, 6.07) is 10.2. The zero-order chi connectivity index (χ0) is 20.6. The van der Waals surface area contributed by atoms with E-state index in [9.17, 15) is 18.0 Å². The van der Waals surface area contributed by atoms with Crippen LogP contribution in [0.3, 0.4) is 0 Å². The molecule has 2 aromatic rings. The van der Waals surface area contributed by atoms with Crippen LogP contribution >= 0.6 is 0 Å². The number of alkyl halides is 3. The lowest BCUT2D eigenvalue weighted by Gasteiger charge is -2.27. The summed E-state index contributed by atoms with van der Waals surface area (Å²) in [6.45, 7) is 9.37. The van der Waals surface area contributed by atoms with Crippen molar-refractivity contribution < 1.29 is 18.0 Å². The maximum Gasteiger partial charge on any atom is 0.431 e. The van der Waals surface area contributed by atoms with Gasteiger partial charge in [0.2, 0.25) is 5.66 Å². The molecule has 27 heavy (non-hydrogen) atoms. The van der Waals surface area contributed by atoms with Crippen LogP contribution < -0.4 is 16.7 Å². The van der Waals surface area contributed by atoms with E-state index in [2.05, 4.69) is 31.4 Å². The van der Waals surface area contributed by atoms with Crippen LogP contribution in [0.5, 0.6) is 0 Å². The quantitative estimate of drug-likeness (QED) is 0.353. The summed E-state index contributed by atoms with van der Waals surface area (Å²) in [5.41, 5.74) is 8.96. The van der Waals surface area contributed by atoms with Gasteiger partial charge >= 0.3 is 6.18 Å². The molecular weight excluding hydrogens is 371 g/mol. The summed E-state index contributed by atoms with van der Waals surface area (Å²) < 4.78 is 39.6. The number of benzene rings is 2. The standard InChI is InChI=1S/C19H22F3N3OSi/c1-25-18(24,19(20,21)22)13-7-5-12(6-8-13)17(26)15-11-14(27(2,3)4)9-10-16(15)23/h5-11H,1,23-24H2,2-4H3. The van der Waals surface area contributed by atoms with Crippen LogP contribution in [0.15, 0.2) is 47.5 Å². The van der Waals surface area contributed by atoms with Crippen molar-refractivity contribution >= 4 is 31.4 Å². The van der Waals surface area contributed by atoms with E-state index in [1.54, 1.807) is 12.1 Å². The number of nitrogens with two attached hydrogens (primary N) is 2. The predicted octanol–water partition coefficient (Wildman–Crippen LogP) is 3.42. The minimum atomic E-state index is -4.81. The first kappa shape index (κ1) is 20.9. The summed E-state index contributed by atoms with van der Waals surface area (Å²) in [4.78, 5) is 15.9. The first-order valence-corrected chi connectivity index (χ1v) is 11.7. The second-order valence-electron chi connectivity index (χ2n) is 7.38. The van der Waals surface area contributed by atoms with Gasteiger partial charge < -0.3 is 5.73 Å². The van der Waals surface area contributed by atoms with Crippen molar-refractivity contribution in [1.29, 1.82) is 0 Å². The van der Waals surface area contributed by atoms with Gasteiger partial charge in [0.05, 0.1) is 8.07 Å². The first-order chi connectivity index (χ1) is 12.3. The molecule has 0 saturated heterocycles. The predicted molar refractivity (Wildman–Crippen MR) is 105 cm³/mol. The molecule has 144 valence electrons. The number of nitrogens with zero attached hydrogens (tertiary/aromatic N) is 1. The minimum absolute atomic E-state index is 0.215. The maximum atomic E-state index is 13.2. The minimum Gasteiger partial charge on any atom is -0.398 e. The molecule has 0 bridgehead atoms. The molecule has 0 fully saturated rings. The SMILES string of the molecule is C=NC(N)(c1ccc(C(=O)c2cc([Si](C)(C)C)ccc2N)cc1)C(F)(F)F. The number of ketones is 1. The fourth-order valence-electron chi connectivity index (χ4n) is 2.60. The van der Waals surface area contributed by atoms with Crippen molar-refractivity contribution in [3.63, 3.8) is 0 Å². The van der Waals surface area contributed by atoms with Crippen molar-refractivity contribution in [3.05, 3.63) is 59.2 Å². The average molecular weight is 393 g/mol. The van der Waals surface area contributed by atoms with E-state index >= 15 is 0 Å². The van der Waals surface area contributed by atoms with Crippen LogP contribution in [0.1, 0.15) is 21.5 Å². The molecule has 2 rings (SSSR count). The summed E-state index contributed by atoms with van der Waals surface area (Å²) >= 11 is 0. The fourth-order valence-corrected chi connectivity index (χ4v) is 3.76. The summed E-state index contributed by atoms with van der Waals surface area (Å²) in [7, 11) is -1.66. The average Bonchev–Trinajstić information content (AvgIpc) is 2.59. The van der Waals surface area contributed by atoms with Crippen molar-refractivity contribution in [3.8, 4) is 0 Å². The number of hydrogen-bond donors (Lipinski definition) is 2. The molecule has 2 aromatic carbocycles. The Morgan fingerprint density at radius 3 is 2.07 bits per heavy atom. The Kier molecular flexibility index (Phi) is 5.36. The Morgan fingerprint density at radius 1 is 1.07 bits per heavy atom. The number of aliphatic imine (C=N–C) groups is 1. The monoisotopic (exact) mass is 393 g/mol. The van der Waals surface area contributed by atoms with Crippen LogP contribution in [0.4, 0.5) is 18.9 Å². The van der Waals surface area contributed by atoms with Crippen LogP contribution in [-0.4, -0.2) is 26.8 Å². The van der Waals surface area contributed by atoms with Gasteiger partial charge in [0.1, 0.15) is 0 Å². The Hall–Kier alpha value is -2.45. The molecule has 0 heterocycles. The van der Waals surface area contributed by atoms with Crippen LogP contribution in [0.2, 0.25) is 19.6 Å². The number of nitrogen functional groups attached to an aromatic ring is 1. The smallest absolute Gasteiger partial charge is 0.398 e. The molecule has 0 saturated carbocycles. The van der Waals surface area contributed by atoms with E-state index in [1.165, 1.54) is 12.1 Å². The summed E-state index contributed by atoms with van der Waals surface area (Å²) in [6.07, 6.45) is -4.81. The lowest BCUT2D eigenvalue weighted by atomic mass is 9.96. The van der Waals surface area contributed by atoms with Crippen LogP contribution in [0.25, 0.3) is 0 Å². The second-order valence-corrected chi connectivity index (χ2v) is 12.5. The van der Waals surface area contributed by atoms with Crippen LogP contribution in [-0.2, 0) is 5.66 Å². The largest absolute Gasteiger partial charge is 0.431 e. The molecule has 0 aromatic heterocycles. The molecule has 0 radical (unpaired) electrons. The van der Waals surface area contributed by atoms with Gasteiger partial charge in [-0.05, 0) is 18.9 Å². The lowest BCUT2D eigenvalue weighted by molar-refractivity contribution is -0.186. The van der Waals surface area contributed by atoms with Crippen molar-refractivity contribution in [2.45, 2.75) is 31.5 Å². The van der Waals surface area contributed by atoms with E-state index < -0.39 is 19.9 Å². The molecule has 8 heteroatoms. The normalized spacial score (nSPS) is 14.5. The van der Waals surface area contributed by atoms with Crippen LogP contribution in [0, 0.1) is 0 Å². The van der Waals surface area contributed by atoms with Crippen molar-refractivity contribution in [2.75, 3.05) is 5.73 Å². The van der Waals surface area contributed by atoms with Gasteiger partial charge in [-0.15, -0.1) is 0 Å². The van der Waals surface area contributed by atoms with Crippen molar-refractivity contribution in [1.82, 2.24) is 0 Å². The zero-order valence-electron chi connectivity index (χ0n) is 15.4. The third-order valence-corrected chi connectivity index (χ3v) is 6.48. The van der Waals surface area contributed by atoms with Gasteiger partial charge in [0.25, 0.3) is 0 Å². The highest BCUT2D eigenvalue weighted by atomic mass is 28.3. The summed E-state index contributed by atoms with van der Waals surface area (Å²) in [5, 5.41) is 1.06. The zero-order valence-corrected chi connectivity index (χ0v) is 16.4. The van der Waals surface area contributed by atoms with Gasteiger partial charge in [-0.2, -0.15) is 13.2 Å². The lowest BCUT2D eigenvalue weighted by Crippen LogP contribution is -2.48. The second kappa shape index (κ2) is 6.93. The number of halogens is 3. The molecule has 0 aliphatic carbocycles. The highest BCUT2D eigenvalue weighted by Gasteiger charge is 2.53. The molecule has 4 nitrogen and oxygen atoms in total. The molecule has 0 spiro atoms. The van der Waals surface area contributed by atoms with E-state index in [0.29, 0.717) is 11.3 Å². The van der Waals surface area contributed by atoms with Gasteiger partial charge in [0.15, 0.2) is 5.78 Å². The van der Waals surface area contributed by atoms with Gasteiger partial charge in [-0.25, -0.2) is 0 Å². The fraction of sp³-hybridized carbons (Fsp3) is 0.263. The summed E-state index contributed by atoms with van der Waals surface area (Å²) in [5.74, 6) is -0.361. The molecule has 1 unspecified atom stereocenters. The Balaban J connectivity index is 2.44. The molecule has 0 aliphatic rings. The number of carbonyl (C=O) groups excluding carboxylic acids is 1. The Morgan fingerprint density at radius 2 is 1.63 bits per heavy atom. The molecule has 4 N–H and O–H groups in total. The number of anilines is 1. The highest BCUT2D eigenvalue weighted by molar-refractivity contribution is 6.88. The highest BCUT2D eigenvalue weighted by Crippen LogP contribution is 2.37. The topological polar surface area (TPSA) is 81.5 Å². The number of carbonyl (C=O) groups is 1. The number of hydrogen-bond acceptors (Lipinski definition) is 4. The molecule has 1 atom stereocenters. The molecule has 0 aliphatic heterocycles. The van der Waals surface area contributed by atoms with Gasteiger partial charge in [-0.3, -0.25) is 15.5 Å². The van der Waals surface area contributed by atoms with E-state index in [4.69, 9.17) is 11.5 Å². The molecule has 0 amide bonds. The Labute approximate surface area is 157 Å².